The Morgan fingerprint density at radius 3 is 2.71 bits per heavy atom. The summed E-state index contributed by atoms with van der Waals surface area (Å²) in [6.07, 6.45) is 2.38. The molecule has 82 valence electrons. The molecular formula is C15H11NS. The molecule has 0 amide bonds. The molecule has 0 radical (unpaired) electrons. The first-order chi connectivity index (χ1) is 8.43. The second-order valence-corrected chi connectivity index (χ2v) is 5.20. The topological polar surface area (TPSA) is 12.9 Å². The number of thiazole rings is 1. The molecule has 1 aliphatic rings. The van der Waals surface area contributed by atoms with Gasteiger partial charge in [0.2, 0.25) is 0 Å². The molecule has 2 aromatic carbocycles. The Kier molecular flexibility index (Phi) is 1.88. The maximum atomic E-state index is 4.43. The maximum absolute atomic E-state index is 4.43. The number of aryl methyl sites for hydroxylation is 2. The van der Waals surface area contributed by atoms with Crippen LogP contribution in [0, 0.1) is 0 Å². The van der Waals surface area contributed by atoms with Gasteiger partial charge in [-0.3, -0.25) is 0 Å². The zero-order valence-corrected chi connectivity index (χ0v) is 10.1. The molecule has 3 aromatic rings. The van der Waals surface area contributed by atoms with E-state index in [0.717, 1.165) is 5.69 Å². The van der Waals surface area contributed by atoms with Crippen LogP contribution in [0.1, 0.15) is 11.1 Å². The van der Waals surface area contributed by atoms with Crippen LogP contribution in [0.15, 0.2) is 41.2 Å². The summed E-state index contributed by atoms with van der Waals surface area (Å²) in [5.41, 5.74) is 7.27. The standard InChI is InChI=1S/C15H11NS/c1-2-10-4-5-11-6-7-12(13(3-1)15(10)11)14-8-17-9-16-14/h1-3,6-9H,4-5H2. The van der Waals surface area contributed by atoms with Crippen LogP contribution < -0.4 is 0 Å². The van der Waals surface area contributed by atoms with Gasteiger partial charge in [-0.25, -0.2) is 4.98 Å². The van der Waals surface area contributed by atoms with E-state index in [4.69, 9.17) is 0 Å². The molecule has 0 bridgehead atoms. The van der Waals surface area contributed by atoms with Crippen LogP contribution in [0.4, 0.5) is 0 Å². The predicted octanol–water partition coefficient (Wildman–Crippen LogP) is 4.06. The first-order valence-electron chi connectivity index (χ1n) is 5.85. The molecule has 1 heterocycles. The third kappa shape index (κ3) is 1.28. The van der Waals surface area contributed by atoms with E-state index in [1.165, 1.54) is 40.3 Å². The van der Waals surface area contributed by atoms with Gasteiger partial charge in [0.15, 0.2) is 0 Å². The zero-order chi connectivity index (χ0) is 11.2. The molecule has 2 heteroatoms. The highest BCUT2D eigenvalue weighted by Crippen LogP contribution is 2.36. The van der Waals surface area contributed by atoms with Crippen molar-refractivity contribution in [2.45, 2.75) is 12.8 Å². The average molecular weight is 237 g/mol. The van der Waals surface area contributed by atoms with E-state index in [0.29, 0.717) is 0 Å². The highest BCUT2D eigenvalue weighted by atomic mass is 32.1. The summed E-state index contributed by atoms with van der Waals surface area (Å²) in [4.78, 5) is 4.43. The number of hydrogen-bond acceptors (Lipinski definition) is 2. The van der Waals surface area contributed by atoms with Gasteiger partial charge >= 0.3 is 0 Å². The van der Waals surface area contributed by atoms with Crippen molar-refractivity contribution in [3.63, 3.8) is 0 Å². The maximum Gasteiger partial charge on any atom is 0.0817 e. The lowest BCUT2D eigenvalue weighted by Crippen LogP contribution is -1.84. The van der Waals surface area contributed by atoms with Crippen LogP contribution in [-0.2, 0) is 12.8 Å². The summed E-state index contributed by atoms with van der Waals surface area (Å²) in [6.45, 7) is 0. The molecule has 1 aromatic heterocycles. The molecular weight excluding hydrogens is 226 g/mol. The highest BCUT2D eigenvalue weighted by molar-refractivity contribution is 7.07. The van der Waals surface area contributed by atoms with Crippen LogP contribution in [0.5, 0.6) is 0 Å². The monoisotopic (exact) mass is 237 g/mol. The second-order valence-electron chi connectivity index (χ2n) is 4.49. The quantitative estimate of drug-likeness (QED) is 0.622. The summed E-state index contributed by atoms with van der Waals surface area (Å²) in [6, 6.07) is 11.1. The number of rotatable bonds is 1. The Morgan fingerprint density at radius 2 is 1.88 bits per heavy atom. The summed E-state index contributed by atoms with van der Waals surface area (Å²) in [5.74, 6) is 0. The summed E-state index contributed by atoms with van der Waals surface area (Å²) < 4.78 is 0. The predicted molar refractivity (Wildman–Crippen MR) is 72.5 cm³/mol. The summed E-state index contributed by atoms with van der Waals surface area (Å²) >= 11 is 1.66. The minimum atomic E-state index is 1.10. The molecule has 0 unspecified atom stereocenters. The van der Waals surface area contributed by atoms with Crippen LogP contribution in [0.2, 0.25) is 0 Å². The van der Waals surface area contributed by atoms with Gasteiger partial charge in [0.05, 0.1) is 11.2 Å². The lowest BCUT2D eigenvalue weighted by atomic mass is 9.99. The van der Waals surface area contributed by atoms with Crippen molar-refractivity contribution < 1.29 is 0 Å². The smallest absolute Gasteiger partial charge is 0.0817 e. The van der Waals surface area contributed by atoms with E-state index in [1.54, 1.807) is 11.3 Å². The molecule has 1 nitrogen and oxygen atoms in total. The number of benzene rings is 2. The first kappa shape index (κ1) is 9.37. The minimum absolute atomic E-state index is 1.10. The largest absolute Gasteiger partial charge is 0.245 e. The fourth-order valence-corrected chi connectivity index (χ4v) is 3.37. The normalized spacial score (nSPS) is 13.4. The van der Waals surface area contributed by atoms with E-state index < -0.39 is 0 Å². The number of nitrogens with zero attached hydrogens (tertiary/aromatic N) is 1. The van der Waals surface area contributed by atoms with Gasteiger partial charge in [-0.15, -0.1) is 11.3 Å². The van der Waals surface area contributed by atoms with Gasteiger partial charge in [-0.05, 0) is 34.7 Å². The molecule has 4 rings (SSSR count). The van der Waals surface area contributed by atoms with Crippen molar-refractivity contribution in [1.82, 2.24) is 4.98 Å². The SMILES string of the molecule is c1cc2c3c(ccc(-c4cscn4)c3c1)CC2. The lowest BCUT2D eigenvalue weighted by Gasteiger charge is -2.06. The molecule has 0 N–H and O–H groups in total. The third-order valence-electron chi connectivity index (χ3n) is 3.59. The van der Waals surface area contributed by atoms with E-state index in [9.17, 15) is 0 Å². The van der Waals surface area contributed by atoms with E-state index in [2.05, 4.69) is 40.7 Å². The number of aromatic nitrogens is 1. The van der Waals surface area contributed by atoms with Crippen LogP contribution >= 0.6 is 11.3 Å². The molecule has 0 fully saturated rings. The van der Waals surface area contributed by atoms with Gasteiger partial charge in [-0.1, -0.05) is 30.3 Å². The first-order valence-corrected chi connectivity index (χ1v) is 6.80. The molecule has 0 saturated carbocycles. The Labute approximate surface area is 104 Å². The van der Waals surface area contributed by atoms with Crippen molar-refractivity contribution >= 4 is 22.1 Å². The molecule has 0 atom stereocenters. The fourth-order valence-electron chi connectivity index (χ4n) is 2.82. The van der Waals surface area contributed by atoms with Gasteiger partial charge < -0.3 is 0 Å². The van der Waals surface area contributed by atoms with Crippen LogP contribution in [-0.4, -0.2) is 4.98 Å². The van der Waals surface area contributed by atoms with E-state index in [-0.39, 0.29) is 0 Å². The molecule has 0 saturated heterocycles. The van der Waals surface area contributed by atoms with Crippen molar-refractivity contribution in [3.8, 4) is 11.3 Å². The average Bonchev–Trinajstić information content (AvgIpc) is 3.00. The van der Waals surface area contributed by atoms with Gasteiger partial charge in [0.1, 0.15) is 0 Å². The molecule has 0 spiro atoms. The molecule has 0 aliphatic heterocycles. The Hall–Kier alpha value is -1.67. The van der Waals surface area contributed by atoms with Crippen LogP contribution in [0.25, 0.3) is 22.0 Å². The summed E-state index contributed by atoms with van der Waals surface area (Å²) in [5, 5.41) is 4.96. The fraction of sp³-hybridized carbons (Fsp3) is 0.133. The van der Waals surface area contributed by atoms with E-state index in [1.807, 2.05) is 5.51 Å². The van der Waals surface area contributed by atoms with Crippen molar-refractivity contribution in [2.75, 3.05) is 0 Å². The van der Waals surface area contributed by atoms with Crippen molar-refractivity contribution in [1.29, 1.82) is 0 Å². The molecule has 17 heavy (non-hydrogen) atoms. The lowest BCUT2D eigenvalue weighted by molar-refractivity contribution is 1.02. The zero-order valence-electron chi connectivity index (χ0n) is 9.31. The number of hydrogen-bond donors (Lipinski definition) is 0. The minimum Gasteiger partial charge on any atom is -0.245 e. The van der Waals surface area contributed by atoms with E-state index >= 15 is 0 Å². The summed E-state index contributed by atoms with van der Waals surface area (Å²) in [7, 11) is 0. The highest BCUT2D eigenvalue weighted by Gasteiger charge is 2.16. The van der Waals surface area contributed by atoms with Gasteiger partial charge in [-0.2, -0.15) is 0 Å². The molecule has 1 aliphatic carbocycles. The van der Waals surface area contributed by atoms with Crippen molar-refractivity contribution in [2.24, 2.45) is 0 Å². The Balaban J connectivity index is 2.14. The van der Waals surface area contributed by atoms with Gasteiger partial charge in [0.25, 0.3) is 0 Å². The van der Waals surface area contributed by atoms with Crippen molar-refractivity contribution in [3.05, 3.63) is 52.3 Å². The Bertz CT molecular complexity index is 688. The van der Waals surface area contributed by atoms with Crippen LogP contribution in [0.3, 0.4) is 0 Å². The second kappa shape index (κ2) is 3.41. The third-order valence-corrected chi connectivity index (χ3v) is 4.17. The van der Waals surface area contributed by atoms with Gasteiger partial charge in [0, 0.05) is 10.9 Å². The Morgan fingerprint density at radius 1 is 1.00 bits per heavy atom.